The summed E-state index contributed by atoms with van der Waals surface area (Å²) < 4.78 is 37.3. The normalized spacial score (nSPS) is 18.1. The van der Waals surface area contributed by atoms with E-state index in [1.54, 1.807) is 0 Å². The molecule has 0 fully saturated rings. The third-order valence-electron chi connectivity index (χ3n) is 0.663. The molecule has 0 unspecified atom stereocenters. The molecule has 1 aliphatic heterocycles. The lowest BCUT2D eigenvalue weighted by molar-refractivity contribution is -0.323. The van der Waals surface area contributed by atoms with Crippen molar-refractivity contribution in [3.63, 3.8) is 0 Å². The number of hydrogen-bond donors (Lipinski definition) is 1. The second-order valence-corrected chi connectivity index (χ2v) is 1.42. The Morgan fingerprint density at radius 1 is 1.50 bits per heavy atom. The van der Waals surface area contributed by atoms with Gasteiger partial charge in [0.25, 0.3) is 0 Å². The van der Waals surface area contributed by atoms with E-state index in [2.05, 4.69) is 15.1 Å². The average molecular weight is 154 g/mol. The first-order valence-electron chi connectivity index (χ1n) is 2.29. The molecule has 0 aromatic rings. The van der Waals surface area contributed by atoms with Crippen LogP contribution in [0, 0.1) is 6.54 Å². The van der Waals surface area contributed by atoms with E-state index in [0.29, 0.717) is 0 Å². The van der Waals surface area contributed by atoms with Crippen molar-refractivity contribution in [2.75, 3.05) is 0 Å². The molecule has 0 aromatic heterocycles. The Bertz CT molecular complexity index is 153. The maximum absolute atomic E-state index is 11.3. The first-order valence-corrected chi connectivity index (χ1v) is 2.29. The molecule has 1 aliphatic rings. The molecule has 0 spiro atoms. The zero-order valence-corrected chi connectivity index (χ0v) is 4.61. The van der Waals surface area contributed by atoms with Crippen molar-refractivity contribution in [2.24, 2.45) is 0 Å². The van der Waals surface area contributed by atoms with Gasteiger partial charge in [-0.15, -0.1) is 18.7 Å². The first-order chi connectivity index (χ1) is 4.58. The van der Waals surface area contributed by atoms with Gasteiger partial charge in [-0.25, -0.2) is 0 Å². The second kappa shape index (κ2) is 2.37. The molecule has 1 heterocycles. The Labute approximate surface area is 54.4 Å². The lowest BCUT2D eigenvalue weighted by atomic mass is 10.6. The fraction of sp³-hybridized carbons (Fsp3) is 0.250. The van der Waals surface area contributed by atoms with Gasteiger partial charge < -0.3 is 9.57 Å². The van der Waals surface area contributed by atoms with E-state index in [4.69, 9.17) is 0 Å². The van der Waals surface area contributed by atoms with Crippen LogP contribution in [-0.2, 0) is 9.57 Å². The lowest BCUT2D eigenvalue weighted by Crippen LogP contribution is -2.14. The highest BCUT2D eigenvalue weighted by Crippen LogP contribution is 2.22. The molecule has 0 atom stereocenters. The van der Waals surface area contributed by atoms with Gasteiger partial charge >= 0.3 is 12.3 Å². The summed E-state index contributed by atoms with van der Waals surface area (Å²) in [4.78, 5) is 4.14. The summed E-state index contributed by atoms with van der Waals surface area (Å²) in [5, 5.41) is 0. The van der Waals surface area contributed by atoms with E-state index in [9.17, 15) is 13.2 Å². The molecule has 10 heavy (non-hydrogen) atoms. The maximum Gasteiger partial charge on any atom is 0.575 e. The summed E-state index contributed by atoms with van der Waals surface area (Å²) in [7, 11) is 0. The average Bonchev–Trinajstić information content (AvgIpc) is 2.12. The zero-order chi connectivity index (χ0) is 7.61. The van der Waals surface area contributed by atoms with Gasteiger partial charge in [-0.05, 0) is 0 Å². The van der Waals surface area contributed by atoms with Gasteiger partial charge in [-0.3, -0.25) is 0 Å². The topological polar surface area (TPSA) is 30.5 Å². The molecule has 0 bridgehead atoms. The summed E-state index contributed by atoms with van der Waals surface area (Å²) >= 11 is 0. The fourth-order valence-corrected chi connectivity index (χ4v) is 0.397. The van der Waals surface area contributed by atoms with Gasteiger partial charge in [0.1, 0.15) is 0 Å². The highest BCUT2D eigenvalue weighted by Gasteiger charge is 2.33. The van der Waals surface area contributed by atoms with E-state index in [1.807, 2.05) is 0 Å². The Morgan fingerprint density at radius 3 is 2.60 bits per heavy atom. The first kappa shape index (κ1) is 7.20. The monoisotopic (exact) mass is 154 g/mol. The molecule has 3 nitrogen and oxygen atoms in total. The Hall–Kier alpha value is -0.910. The predicted molar refractivity (Wildman–Crippen MR) is 23.7 cm³/mol. The van der Waals surface area contributed by atoms with Crippen molar-refractivity contribution in [2.45, 2.75) is 6.36 Å². The van der Waals surface area contributed by atoms with Gasteiger partial charge in [0.05, 0.1) is 6.54 Å². The number of hydroxylamine groups is 1. The molecule has 57 valence electrons. The largest absolute Gasteiger partial charge is 0.575 e. The number of ether oxygens (including phenoxy) is 1. The molecule has 6 heteroatoms. The summed E-state index contributed by atoms with van der Waals surface area (Å²) in [5.74, 6) is -0.604. The third-order valence-corrected chi connectivity index (χ3v) is 0.663. The molecule has 0 amide bonds. The number of rotatable bonds is 1. The van der Waals surface area contributed by atoms with Gasteiger partial charge in [0.2, 0.25) is 0 Å². The minimum Gasteiger partial charge on any atom is -0.372 e. The van der Waals surface area contributed by atoms with Gasteiger partial charge in [-0.1, -0.05) is 0 Å². The zero-order valence-electron chi connectivity index (χ0n) is 4.61. The minimum atomic E-state index is -4.69. The smallest absolute Gasteiger partial charge is 0.372 e. The summed E-state index contributed by atoms with van der Waals surface area (Å²) in [6.45, 7) is 1.18. The van der Waals surface area contributed by atoms with Crippen LogP contribution in [0.2, 0.25) is 0 Å². The third kappa shape index (κ3) is 2.14. The van der Waals surface area contributed by atoms with E-state index < -0.39 is 12.3 Å². The van der Waals surface area contributed by atoms with E-state index in [0.717, 1.165) is 6.08 Å². The number of hydrogen-bond acceptors (Lipinski definition) is 3. The highest BCUT2D eigenvalue weighted by atomic mass is 19.4. The molecule has 1 rings (SSSR count). The summed E-state index contributed by atoms with van der Waals surface area (Å²) in [6.07, 6.45) is -3.67. The molecule has 0 aromatic carbocycles. The van der Waals surface area contributed by atoms with Crippen LogP contribution in [0.5, 0.6) is 0 Å². The van der Waals surface area contributed by atoms with Crippen molar-refractivity contribution in [3.05, 3.63) is 18.6 Å². The quantitative estimate of drug-likeness (QED) is 0.612. The van der Waals surface area contributed by atoms with Crippen LogP contribution in [-0.4, -0.2) is 6.36 Å². The van der Waals surface area contributed by atoms with Crippen LogP contribution in [0.15, 0.2) is 12.0 Å². The number of alkyl halides is 3. The molecular weight excluding hydrogens is 151 g/mol. The maximum atomic E-state index is 11.3. The van der Waals surface area contributed by atoms with E-state index in [1.165, 1.54) is 6.54 Å². The van der Waals surface area contributed by atoms with Crippen LogP contribution in [0.25, 0.3) is 0 Å². The molecule has 1 radical (unpaired) electrons. The van der Waals surface area contributed by atoms with E-state index >= 15 is 0 Å². The molecular formula is C4H3F3NO2. The van der Waals surface area contributed by atoms with E-state index in [-0.39, 0.29) is 0 Å². The standard InChI is InChI=1S/C4H3F3NO2/c5-4(6,7)9-3-1-2-8-10-3/h1-2,8H. The molecule has 0 saturated heterocycles. The minimum absolute atomic E-state index is 0.604. The van der Waals surface area contributed by atoms with Crippen molar-refractivity contribution < 1.29 is 22.7 Å². The van der Waals surface area contributed by atoms with Crippen LogP contribution in [0.3, 0.4) is 0 Å². The van der Waals surface area contributed by atoms with Crippen LogP contribution in [0.4, 0.5) is 13.2 Å². The number of nitrogens with one attached hydrogen (secondary N) is 1. The summed E-state index contributed by atoms with van der Waals surface area (Å²) in [6, 6.07) is 0. The Morgan fingerprint density at radius 2 is 2.20 bits per heavy atom. The van der Waals surface area contributed by atoms with Gasteiger partial charge in [0.15, 0.2) is 0 Å². The van der Waals surface area contributed by atoms with Crippen LogP contribution in [0.1, 0.15) is 0 Å². The van der Waals surface area contributed by atoms with Crippen molar-refractivity contribution in [1.29, 1.82) is 0 Å². The molecule has 0 aliphatic carbocycles. The van der Waals surface area contributed by atoms with Gasteiger partial charge in [-0.2, -0.15) is 0 Å². The second-order valence-electron chi connectivity index (χ2n) is 1.42. The van der Waals surface area contributed by atoms with Crippen molar-refractivity contribution in [3.8, 4) is 0 Å². The Balaban J connectivity index is 2.38. The van der Waals surface area contributed by atoms with Gasteiger partial charge in [0, 0.05) is 6.08 Å². The predicted octanol–water partition coefficient (Wildman–Crippen LogP) is 1.06. The lowest BCUT2D eigenvalue weighted by Gasteiger charge is -2.07. The molecule has 0 saturated carbocycles. The van der Waals surface area contributed by atoms with Crippen molar-refractivity contribution >= 4 is 0 Å². The fourth-order valence-electron chi connectivity index (χ4n) is 0.397. The Kier molecular flexibility index (Phi) is 1.71. The number of halogens is 3. The summed E-state index contributed by atoms with van der Waals surface area (Å²) in [5.41, 5.74) is 2.05. The SMILES string of the molecule is FC(F)(F)OC1=C[CH]NO1. The van der Waals surface area contributed by atoms with Crippen LogP contribution < -0.4 is 5.48 Å². The molecule has 1 N–H and O–H groups in total. The van der Waals surface area contributed by atoms with Crippen molar-refractivity contribution in [1.82, 2.24) is 5.48 Å². The highest BCUT2D eigenvalue weighted by molar-refractivity contribution is 4.98. The van der Waals surface area contributed by atoms with Crippen LogP contribution >= 0.6 is 0 Å².